The SMILES string of the molecule is CCOC(=O)CNCC(O)(c1cn(Cc2ccccc2)c2cc([N+](=O)[O-])ccc12)C(F)(F)F. The first-order valence-corrected chi connectivity index (χ1v) is 10.0. The number of benzene rings is 2. The van der Waals surface area contributed by atoms with E-state index in [-0.39, 0.29) is 29.7 Å². The minimum Gasteiger partial charge on any atom is -0.465 e. The summed E-state index contributed by atoms with van der Waals surface area (Å²) in [6, 6.07) is 12.3. The lowest BCUT2D eigenvalue weighted by Gasteiger charge is -2.30. The van der Waals surface area contributed by atoms with Gasteiger partial charge in [0.25, 0.3) is 5.69 Å². The van der Waals surface area contributed by atoms with Crippen molar-refractivity contribution in [3.05, 3.63) is 76.0 Å². The van der Waals surface area contributed by atoms with Crippen molar-refractivity contribution in [3.8, 4) is 0 Å². The highest BCUT2D eigenvalue weighted by Gasteiger charge is 2.56. The van der Waals surface area contributed by atoms with Gasteiger partial charge in [-0.2, -0.15) is 13.2 Å². The van der Waals surface area contributed by atoms with E-state index >= 15 is 0 Å². The Kier molecular flexibility index (Phi) is 7.04. The van der Waals surface area contributed by atoms with Crippen LogP contribution in [-0.2, 0) is 21.7 Å². The molecule has 11 heteroatoms. The van der Waals surface area contributed by atoms with Gasteiger partial charge in [0, 0.05) is 42.4 Å². The van der Waals surface area contributed by atoms with Crippen molar-refractivity contribution in [2.75, 3.05) is 19.7 Å². The molecule has 1 atom stereocenters. The quantitative estimate of drug-likeness (QED) is 0.285. The van der Waals surface area contributed by atoms with E-state index in [0.717, 1.165) is 17.8 Å². The Bertz CT molecular complexity index is 1150. The van der Waals surface area contributed by atoms with Crippen LogP contribution in [0, 0.1) is 10.1 Å². The maximum absolute atomic E-state index is 14.1. The summed E-state index contributed by atoms with van der Waals surface area (Å²) in [5, 5.41) is 24.4. The van der Waals surface area contributed by atoms with Crippen molar-refractivity contribution in [1.82, 2.24) is 9.88 Å². The lowest BCUT2D eigenvalue weighted by atomic mass is 9.92. The topological polar surface area (TPSA) is 107 Å². The third-order valence-electron chi connectivity index (χ3n) is 5.14. The molecule has 0 amide bonds. The van der Waals surface area contributed by atoms with Crippen molar-refractivity contribution in [2.45, 2.75) is 25.2 Å². The number of fused-ring (bicyclic) bond motifs is 1. The van der Waals surface area contributed by atoms with Gasteiger partial charge in [0.1, 0.15) is 0 Å². The Labute approximate surface area is 186 Å². The maximum Gasteiger partial charge on any atom is 0.422 e. The number of hydrogen-bond donors (Lipinski definition) is 2. The van der Waals surface area contributed by atoms with Crippen LogP contribution in [0.5, 0.6) is 0 Å². The summed E-state index contributed by atoms with van der Waals surface area (Å²) in [5.74, 6) is -0.760. The van der Waals surface area contributed by atoms with E-state index in [9.17, 15) is 33.2 Å². The third-order valence-corrected chi connectivity index (χ3v) is 5.14. The molecule has 2 aromatic carbocycles. The minimum atomic E-state index is -5.11. The number of aromatic nitrogens is 1. The van der Waals surface area contributed by atoms with Crippen molar-refractivity contribution in [2.24, 2.45) is 0 Å². The Morgan fingerprint density at radius 1 is 1.21 bits per heavy atom. The average molecular weight is 465 g/mol. The number of aliphatic hydroxyl groups is 1. The predicted octanol–water partition coefficient (Wildman–Crippen LogP) is 3.50. The largest absolute Gasteiger partial charge is 0.465 e. The number of esters is 1. The van der Waals surface area contributed by atoms with E-state index in [4.69, 9.17) is 4.74 Å². The average Bonchev–Trinajstić information content (AvgIpc) is 3.12. The second kappa shape index (κ2) is 9.59. The summed E-state index contributed by atoms with van der Waals surface area (Å²) < 4.78 is 48.4. The van der Waals surface area contributed by atoms with Gasteiger partial charge in [0.15, 0.2) is 5.60 Å². The molecule has 0 saturated carbocycles. The fraction of sp³-hybridized carbons (Fsp3) is 0.318. The number of carbonyl (C=O) groups is 1. The lowest BCUT2D eigenvalue weighted by molar-refractivity contribution is -0.384. The van der Waals surface area contributed by atoms with Crippen LogP contribution in [0.2, 0.25) is 0 Å². The molecular formula is C22H22F3N3O5. The normalized spacial score (nSPS) is 13.6. The molecule has 0 saturated heterocycles. The van der Waals surface area contributed by atoms with Gasteiger partial charge in [-0.3, -0.25) is 14.9 Å². The van der Waals surface area contributed by atoms with Crippen molar-refractivity contribution in [3.63, 3.8) is 0 Å². The van der Waals surface area contributed by atoms with Crippen LogP contribution in [0.1, 0.15) is 18.1 Å². The molecule has 0 aliphatic heterocycles. The second-order valence-corrected chi connectivity index (χ2v) is 7.38. The highest BCUT2D eigenvalue weighted by molar-refractivity contribution is 5.87. The summed E-state index contributed by atoms with van der Waals surface area (Å²) in [5.41, 5.74) is -3.22. The van der Waals surface area contributed by atoms with Crippen LogP contribution < -0.4 is 5.32 Å². The number of nitrogens with one attached hydrogen (secondary N) is 1. The van der Waals surface area contributed by atoms with Gasteiger partial charge in [0.2, 0.25) is 0 Å². The maximum atomic E-state index is 14.1. The van der Waals surface area contributed by atoms with Crippen LogP contribution in [0.15, 0.2) is 54.7 Å². The minimum absolute atomic E-state index is 0.00860. The summed E-state index contributed by atoms with van der Waals surface area (Å²) >= 11 is 0. The monoisotopic (exact) mass is 465 g/mol. The molecule has 1 unspecified atom stereocenters. The highest BCUT2D eigenvalue weighted by Crippen LogP contribution is 2.43. The fourth-order valence-electron chi connectivity index (χ4n) is 3.54. The number of nitrogens with zero attached hydrogens (tertiary/aromatic N) is 2. The molecule has 2 N–H and O–H groups in total. The molecule has 0 fully saturated rings. The van der Waals surface area contributed by atoms with Gasteiger partial charge < -0.3 is 19.7 Å². The number of halogens is 3. The van der Waals surface area contributed by atoms with Gasteiger partial charge in [-0.05, 0) is 18.6 Å². The number of rotatable bonds is 9. The van der Waals surface area contributed by atoms with E-state index in [1.54, 1.807) is 37.3 Å². The molecule has 0 aliphatic carbocycles. The molecule has 0 bridgehead atoms. The van der Waals surface area contributed by atoms with Crippen LogP contribution in [-0.4, -0.2) is 46.4 Å². The first kappa shape index (κ1) is 24.2. The third kappa shape index (κ3) is 5.15. The summed E-state index contributed by atoms with van der Waals surface area (Å²) in [6.07, 6.45) is -3.97. The molecule has 1 aromatic heterocycles. The van der Waals surface area contributed by atoms with Gasteiger partial charge in [-0.15, -0.1) is 0 Å². The van der Waals surface area contributed by atoms with E-state index in [1.165, 1.54) is 16.7 Å². The number of nitro groups is 1. The predicted molar refractivity (Wildman–Crippen MR) is 114 cm³/mol. The Morgan fingerprint density at radius 3 is 2.52 bits per heavy atom. The molecule has 0 spiro atoms. The molecule has 8 nitrogen and oxygen atoms in total. The number of nitro benzene ring substituents is 1. The standard InChI is InChI=1S/C22H22F3N3O5/c1-2-33-20(29)11-26-14-21(30,22(23,24)25)18-13-27(12-15-6-4-3-5-7-15)19-10-16(28(31)32)8-9-17(18)19/h3-10,13,26,30H,2,11-12,14H2,1H3. The second-order valence-electron chi connectivity index (χ2n) is 7.38. The summed E-state index contributed by atoms with van der Waals surface area (Å²) in [4.78, 5) is 22.1. The molecule has 0 aliphatic rings. The molecule has 33 heavy (non-hydrogen) atoms. The molecule has 3 rings (SSSR count). The van der Waals surface area contributed by atoms with Gasteiger partial charge in [0.05, 0.1) is 23.6 Å². The zero-order valence-electron chi connectivity index (χ0n) is 17.6. The van der Waals surface area contributed by atoms with Gasteiger partial charge in [-0.1, -0.05) is 30.3 Å². The molecular weight excluding hydrogens is 443 g/mol. The Balaban J connectivity index is 2.09. The summed E-state index contributed by atoms with van der Waals surface area (Å²) in [7, 11) is 0. The molecule has 0 radical (unpaired) electrons. The van der Waals surface area contributed by atoms with Crippen molar-refractivity contribution < 1.29 is 32.7 Å². The lowest BCUT2D eigenvalue weighted by Crippen LogP contribution is -2.50. The number of ether oxygens (including phenoxy) is 1. The number of carbonyl (C=O) groups excluding carboxylic acids is 1. The number of alkyl halides is 3. The molecule has 3 aromatic rings. The smallest absolute Gasteiger partial charge is 0.422 e. The van der Waals surface area contributed by atoms with Gasteiger partial charge >= 0.3 is 12.1 Å². The Morgan fingerprint density at radius 2 is 1.91 bits per heavy atom. The van der Waals surface area contributed by atoms with Crippen LogP contribution in [0.4, 0.5) is 18.9 Å². The van der Waals surface area contributed by atoms with Gasteiger partial charge in [-0.25, -0.2) is 0 Å². The fourth-order valence-corrected chi connectivity index (χ4v) is 3.54. The zero-order valence-corrected chi connectivity index (χ0v) is 17.6. The first-order chi connectivity index (χ1) is 15.6. The number of non-ortho nitro benzene ring substituents is 1. The summed E-state index contributed by atoms with van der Waals surface area (Å²) in [6.45, 7) is 0.209. The van der Waals surface area contributed by atoms with Crippen molar-refractivity contribution in [1.29, 1.82) is 0 Å². The van der Waals surface area contributed by atoms with Crippen LogP contribution in [0.25, 0.3) is 10.9 Å². The van der Waals surface area contributed by atoms with E-state index < -0.39 is 41.3 Å². The first-order valence-electron chi connectivity index (χ1n) is 10.0. The van der Waals surface area contributed by atoms with E-state index in [0.29, 0.717) is 0 Å². The molecule has 176 valence electrons. The van der Waals surface area contributed by atoms with Crippen LogP contribution >= 0.6 is 0 Å². The highest BCUT2D eigenvalue weighted by atomic mass is 19.4. The van der Waals surface area contributed by atoms with E-state index in [2.05, 4.69) is 5.32 Å². The van der Waals surface area contributed by atoms with Crippen molar-refractivity contribution >= 4 is 22.6 Å². The number of hydrogen-bond acceptors (Lipinski definition) is 6. The Hall–Kier alpha value is -3.44. The molecule has 1 heterocycles. The van der Waals surface area contributed by atoms with Crippen LogP contribution in [0.3, 0.4) is 0 Å². The van der Waals surface area contributed by atoms with E-state index in [1.807, 2.05) is 0 Å². The zero-order chi connectivity index (χ0) is 24.2.